The highest BCUT2D eigenvalue weighted by Gasteiger charge is 2.04. The molecule has 1 aromatic heterocycles. The monoisotopic (exact) mass is 262 g/mol. The van der Waals surface area contributed by atoms with E-state index >= 15 is 0 Å². The van der Waals surface area contributed by atoms with Gasteiger partial charge in [0.25, 0.3) is 0 Å². The standard InChI is InChI=1S/C9H15BrN2S/c1-12(5-2-4-11)7-9-8(10)3-6-13-9/h3,6H,2,4-5,7,11H2,1H3. The third kappa shape index (κ3) is 3.77. The number of rotatable bonds is 5. The second-order valence-electron chi connectivity index (χ2n) is 3.07. The Morgan fingerprint density at radius 3 is 2.92 bits per heavy atom. The van der Waals surface area contributed by atoms with Gasteiger partial charge in [-0.1, -0.05) is 0 Å². The lowest BCUT2D eigenvalue weighted by atomic mass is 10.3. The van der Waals surface area contributed by atoms with E-state index in [0.29, 0.717) is 0 Å². The SMILES string of the molecule is CN(CCCN)Cc1sccc1Br. The topological polar surface area (TPSA) is 29.3 Å². The van der Waals surface area contributed by atoms with Crippen LogP contribution in [0.25, 0.3) is 0 Å². The van der Waals surface area contributed by atoms with Crippen molar-refractivity contribution in [2.24, 2.45) is 5.73 Å². The van der Waals surface area contributed by atoms with E-state index < -0.39 is 0 Å². The highest BCUT2D eigenvalue weighted by Crippen LogP contribution is 2.23. The first-order chi connectivity index (χ1) is 6.24. The number of nitrogens with zero attached hydrogens (tertiary/aromatic N) is 1. The number of halogens is 1. The first-order valence-corrected chi connectivity index (χ1v) is 6.01. The van der Waals surface area contributed by atoms with Gasteiger partial charge in [-0.2, -0.15) is 0 Å². The van der Waals surface area contributed by atoms with E-state index in [1.165, 1.54) is 9.35 Å². The number of hydrogen-bond acceptors (Lipinski definition) is 3. The van der Waals surface area contributed by atoms with Gasteiger partial charge in [-0.15, -0.1) is 11.3 Å². The maximum absolute atomic E-state index is 5.45. The van der Waals surface area contributed by atoms with E-state index in [-0.39, 0.29) is 0 Å². The van der Waals surface area contributed by atoms with Crippen LogP contribution in [0.4, 0.5) is 0 Å². The van der Waals surface area contributed by atoms with Crippen LogP contribution in [-0.4, -0.2) is 25.0 Å². The molecule has 0 fully saturated rings. The predicted molar refractivity (Wildman–Crippen MR) is 62.0 cm³/mol. The molecule has 13 heavy (non-hydrogen) atoms. The van der Waals surface area contributed by atoms with Crippen molar-refractivity contribution < 1.29 is 0 Å². The first kappa shape index (κ1) is 11.2. The average molecular weight is 263 g/mol. The summed E-state index contributed by atoms with van der Waals surface area (Å²) in [6, 6.07) is 2.09. The second kappa shape index (κ2) is 5.75. The lowest BCUT2D eigenvalue weighted by Crippen LogP contribution is -2.20. The van der Waals surface area contributed by atoms with E-state index in [0.717, 1.165) is 26.1 Å². The van der Waals surface area contributed by atoms with E-state index in [1.54, 1.807) is 11.3 Å². The van der Waals surface area contributed by atoms with Gasteiger partial charge in [0.05, 0.1) is 0 Å². The maximum atomic E-state index is 5.45. The van der Waals surface area contributed by atoms with Crippen molar-refractivity contribution in [1.29, 1.82) is 0 Å². The summed E-state index contributed by atoms with van der Waals surface area (Å²) < 4.78 is 1.22. The molecule has 0 saturated carbocycles. The van der Waals surface area contributed by atoms with Gasteiger partial charge < -0.3 is 10.6 Å². The van der Waals surface area contributed by atoms with Gasteiger partial charge in [0.2, 0.25) is 0 Å². The smallest absolute Gasteiger partial charge is 0.0336 e. The van der Waals surface area contributed by atoms with Crippen LogP contribution in [0.5, 0.6) is 0 Å². The molecular formula is C9H15BrN2S. The van der Waals surface area contributed by atoms with Crippen molar-refractivity contribution in [2.75, 3.05) is 20.1 Å². The summed E-state index contributed by atoms with van der Waals surface area (Å²) in [5.74, 6) is 0. The lowest BCUT2D eigenvalue weighted by molar-refractivity contribution is 0.326. The Balaban J connectivity index is 2.36. The quantitative estimate of drug-likeness (QED) is 0.883. The highest BCUT2D eigenvalue weighted by atomic mass is 79.9. The minimum atomic E-state index is 0.774. The Bertz CT molecular complexity index is 250. The van der Waals surface area contributed by atoms with Gasteiger partial charge >= 0.3 is 0 Å². The molecule has 1 heterocycles. The minimum absolute atomic E-state index is 0.774. The van der Waals surface area contributed by atoms with E-state index in [2.05, 4.69) is 39.3 Å². The van der Waals surface area contributed by atoms with Crippen LogP contribution in [0.3, 0.4) is 0 Å². The number of thiophene rings is 1. The van der Waals surface area contributed by atoms with E-state index in [9.17, 15) is 0 Å². The second-order valence-corrected chi connectivity index (χ2v) is 4.93. The molecular weight excluding hydrogens is 248 g/mol. The van der Waals surface area contributed by atoms with Crippen molar-refractivity contribution in [3.8, 4) is 0 Å². The zero-order valence-corrected chi connectivity index (χ0v) is 10.2. The predicted octanol–water partition coefficient (Wildman–Crippen LogP) is 2.29. The Morgan fingerprint density at radius 2 is 2.38 bits per heavy atom. The number of nitrogens with two attached hydrogens (primary N) is 1. The van der Waals surface area contributed by atoms with Crippen molar-refractivity contribution >= 4 is 27.3 Å². The molecule has 0 amide bonds. The Labute approximate surface area is 91.9 Å². The Kier molecular flexibility index (Phi) is 4.94. The summed E-state index contributed by atoms with van der Waals surface area (Å²) in [6.45, 7) is 2.86. The Hall–Kier alpha value is 0.100. The van der Waals surface area contributed by atoms with Crippen LogP contribution in [0.2, 0.25) is 0 Å². The summed E-state index contributed by atoms with van der Waals surface area (Å²) in [5, 5.41) is 2.11. The van der Waals surface area contributed by atoms with Crippen molar-refractivity contribution in [2.45, 2.75) is 13.0 Å². The van der Waals surface area contributed by atoms with Gasteiger partial charge in [0, 0.05) is 15.9 Å². The van der Waals surface area contributed by atoms with Crippen LogP contribution in [0, 0.1) is 0 Å². The largest absolute Gasteiger partial charge is 0.330 e. The first-order valence-electron chi connectivity index (χ1n) is 4.34. The molecule has 0 atom stereocenters. The maximum Gasteiger partial charge on any atom is 0.0336 e. The third-order valence-corrected chi connectivity index (χ3v) is 3.76. The van der Waals surface area contributed by atoms with Gasteiger partial charge in [0.15, 0.2) is 0 Å². The normalized spacial score (nSPS) is 11.1. The molecule has 1 aromatic rings. The van der Waals surface area contributed by atoms with Crippen molar-refractivity contribution in [1.82, 2.24) is 4.90 Å². The molecule has 0 saturated heterocycles. The van der Waals surface area contributed by atoms with Crippen LogP contribution in [0.1, 0.15) is 11.3 Å². The molecule has 0 bridgehead atoms. The molecule has 2 N–H and O–H groups in total. The zero-order chi connectivity index (χ0) is 9.68. The summed E-state index contributed by atoms with van der Waals surface area (Å²) in [7, 11) is 2.13. The van der Waals surface area contributed by atoms with Crippen LogP contribution in [0.15, 0.2) is 15.9 Å². The van der Waals surface area contributed by atoms with Gasteiger partial charge in [-0.05, 0) is 53.9 Å². The summed E-state index contributed by atoms with van der Waals surface area (Å²) in [4.78, 5) is 3.68. The molecule has 0 unspecified atom stereocenters. The minimum Gasteiger partial charge on any atom is -0.330 e. The van der Waals surface area contributed by atoms with Crippen LogP contribution >= 0.6 is 27.3 Å². The van der Waals surface area contributed by atoms with Gasteiger partial charge in [-0.3, -0.25) is 0 Å². The molecule has 0 aliphatic carbocycles. The van der Waals surface area contributed by atoms with E-state index in [4.69, 9.17) is 5.73 Å². The summed E-state index contributed by atoms with van der Waals surface area (Å²) in [6.07, 6.45) is 1.07. The fourth-order valence-corrected chi connectivity index (χ4v) is 2.68. The highest BCUT2D eigenvalue weighted by molar-refractivity contribution is 9.10. The average Bonchev–Trinajstić information content (AvgIpc) is 2.48. The van der Waals surface area contributed by atoms with E-state index in [1.807, 2.05) is 0 Å². The zero-order valence-electron chi connectivity index (χ0n) is 7.79. The molecule has 0 spiro atoms. The molecule has 74 valence electrons. The summed E-state index contributed by atoms with van der Waals surface area (Å²) in [5.41, 5.74) is 5.45. The molecule has 1 rings (SSSR count). The fourth-order valence-electron chi connectivity index (χ4n) is 1.12. The number of hydrogen-bond donors (Lipinski definition) is 1. The molecule has 0 aromatic carbocycles. The molecule has 0 aliphatic rings. The van der Waals surface area contributed by atoms with Crippen molar-refractivity contribution in [3.63, 3.8) is 0 Å². The van der Waals surface area contributed by atoms with Gasteiger partial charge in [-0.25, -0.2) is 0 Å². The molecule has 0 aliphatic heterocycles. The fraction of sp³-hybridized carbons (Fsp3) is 0.556. The third-order valence-electron chi connectivity index (χ3n) is 1.85. The van der Waals surface area contributed by atoms with Crippen LogP contribution in [-0.2, 0) is 6.54 Å². The lowest BCUT2D eigenvalue weighted by Gasteiger charge is -2.14. The Morgan fingerprint density at radius 1 is 1.62 bits per heavy atom. The van der Waals surface area contributed by atoms with Crippen LogP contribution < -0.4 is 5.73 Å². The summed E-state index contributed by atoms with van der Waals surface area (Å²) >= 11 is 5.31. The molecule has 2 nitrogen and oxygen atoms in total. The molecule has 0 radical (unpaired) electrons. The van der Waals surface area contributed by atoms with Gasteiger partial charge in [0.1, 0.15) is 0 Å². The molecule has 4 heteroatoms. The van der Waals surface area contributed by atoms with Crippen molar-refractivity contribution in [3.05, 3.63) is 20.8 Å².